The molecule has 3 heteroatoms. The van der Waals surface area contributed by atoms with Crippen LogP contribution in [-0.2, 0) is 9.53 Å². The number of fused-ring (bicyclic) bond motifs is 5. The number of esters is 1. The summed E-state index contributed by atoms with van der Waals surface area (Å²) in [5, 5.41) is 0. The maximum atomic E-state index is 12.5. The fourth-order valence-electron chi connectivity index (χ4n) is 9.04. The molecule has 3 saturated carbocycles. The molecule has 0 heterocycles. The molecule has 4 rings (SSSR count). The predicted molar refractivity (Wildman–Crippen MR) is 146 cm³/mol. The smallest absolute Gasteiger partial charge is 0.322 e. The van der Waals surface area contributed by atoms with Crippen molar-refractivity contribution in [2.24, 2.45) is 46.3 Å². The van der Waals surface area contributed by atoms with Gasteiger partial charge in [0.25, 0.3) is 0 Å². The standard InChI is InChI=1S/C31H51BrO2/c1-20(2)9-8-10-21(3)25-13-14-26-24-12-11-22-19-23(34-28(33)29(4,5)32)15-17-30(22,6)27(24)16-18-31(25,26)7/h11,20-21,23-27H,8-10,12-19H2,1-7H3/t21-,23?,24+,25-,26+,27+,30+,31-/m1/s1. The molecule has 0 aromatic heterocycles. The highest BCUT2D eigenvalue weighted by Crippen LogP contribution is 2.67. The van der Waals surface area contributed by atoms with Crippen LogP contribution >= 0.6 is 15.9 Å². The van der Waals surface area contributed by atoms with Crippen LogP contribution in [0, 0.1) is 46.3 Å². The van der Waals surface area contributed by atoms with E-state index in [2.05, 4.69) is 56.6 Å². The molecule has 4 aliphatic carbocycles. The molecule has 3 fully saturated rings. The van der Waals surface area contributed by atoms with E-state index >= 15 is 0 Å². The van der Waals surface area contributed by atoms with Gasteiger partial charge >= 0.3 is 5.97 Å². The van der Waals surface area contributed by atoms with Gasteiger partial charge in [0.15, 0.2) is 0 Å². The Hall–Kier alpha value is -0.310. The highest BCUT2D eigenvalue weighted by Gasteiger charge is 2.59. The molecule has 0 aromatic carbocycles. The molecule has 0 N–H and O–H groups in total. The van der Waals surface area contributed by atoms with E-state index < -0.39 is 4.32 Å². The molecule has 0 amide bonds. The number of allylic oxidation sites excluding steroid dienone is 1. The molecule has 4 aliphatic rings. The lowest BCUT2D eigenvalue weighted by Gasteiger charge is -2.58. The Morgan fingerprint density at radius 1 is 1.09 bits per heavy atom. The minimum absolute atomic E-state index is 0.0524. The second-order valence-corrected chi connectivity index (χ2v) is 16.0. The van der Waals surface area contributed by atoms with E-state index in [1.807, 2.05) is 13.8 Å². The van der Waals surface area contributed by atoms with Gasteiger partial charge in [-0.25, -0.2) is 0 Å². The van der Waals surface area contributed by atoms with Crippen LogP contribution in [0.2, 0.25) is 0 Å². The number of rotatable bonds is 7. The fraction of sp³-hybridized carbons (Fsp3) is 0.903. The van der Waals surface area contributed by atoms with Gasteiger partial charge in [-0.2, -0.15) is 0 Å². The molecule has 1 unspecified atom stereocenters. The molecule has 8 atom stereocenters. The van der Waals surface area contributed by atoms with Gasteiger partial charge in [-0.3, -0.25) is 4.79 Å². The topological polar surface area (TPSA) is 26.3 Å². The highest BCUT2D eigenvalue weighted by molar-refractivity contribution is 9.10. The van der Waals surface area contributed by atoms with Crippen molar-refractivity contribution in [2.45, 2.75) is 130 Å². The van der Waals surface area contributed by atoms with Gasteiger partial charge in [0, 0.05) is 6.42 Å². The van der Waals surface area contributed by atoms with Crippen molar-refractivity contribution in [1.82, 2.24) is 0 Å². The van der Waals surface area contributed by atoms with Gasteiger partial charge in [0.05, 0.1) is 0 Å². The summed E-state index contributed by atoms with van der Waals surface area (Å²) in [6.07, 6.45) is 17.0. The number of alkyl halides is 1. The van der Waals surface area contributed by atoms with Crippen LogP contribution in [0.5, 0.6) is 0 Å². The van der Waals surface area contributed by atoms with E-state index in [4.69, 9.17) is 4.74 Å². The number of hydrogen-bond acceptors (Lipinski definition) is 2. The summed E-state index contributed by atoms with van der Waals surface area (Å²) in [5.74, 6) is 5.10. The van der Waals surface area contributed by atoms with Crippen LogP contribution in [0.1, 0.15) is 119 Å². The highest BCUT2D eigenvalue weighted by atomic mass is 79.9. The first-order chi connectivity index (χ1) is 15.9. The van der Waals surface area contributed by atoms with Crippen LogP contribution in [0.4, 0.5) is 0 Å². The second kappa shape index (κ2) is 9.86. The zero-order valence-corrected chi connectivity index (χ0v) is 24.7. The SMILES string of the molecule is CC(C)CCC[C@@H](C)[C@H]1CC[C@H]2[C@@H]3CC=C4CC(OC(=O)C(C)(C)Br)CC[C@]4(C)[C@H]3CC[C@]12C. The molecule has 0 bridgehead atoms. The second-order valence-electron chi connectivity index (χ2n) is 14.0. The summed E-state index contributed by atoms with van der Waals surface area (Å²) in [7, 11) is 0. The molecule has 34 heavy (non-hydrogen) atoms. The van der Waals surface area contributed by atoms with E-state index in [0.29, 0.717) is 10.8 Å². The average Bonchev–Trinajstić information content (AvgIpc) is 3.10. The zero-order valence-electron chi connectivity index (χ0n) is 23.1. The van der Waals surface area contributed by atoms with E-state index in [-0.39, 0.29) is 12.1 Å². The summed E-state index contributed by atoms with van der Waals surface area (Å²) in [6, 6.07) is 0. The minimum Gasteiger partial charge on any atom is -0.461 e. The predicted octanol–water partition coefficient (Wildman–Crippen LogP) is 9.11. The zero-order chi connectivity index (χ0) is 24.9. The Bertz CT molecular complexity index is 779. The van der Waals surface area contributed by atoms with Gasteiger partial charge < -0.3 is 4.74 Å². The summed E-state index contributed by atoms with van der Waals surface area (Å²) >= 11 is 3.47. The van der Waals surface area contributed by atoms with Crippen LogP contribution in [0.15, 0.2) is 11.6 Å². The Morgan fingerprint density at radius 3 is 2.50 bits per heavy atom. The van der Waals surface area contributed by atoms with Crippen LogP contribution in [-0.4, -0.2) is 16.4 Å². The summed E-state index contributed by atoms with van der Waals surface area (Å²) < 4.78 is 5.33. The first-order valence-electron chi connectivity index (χ1n) is 14.5. The number of carbonyl (C=O) groups is 1. The number of ether oxygens (including phenoxy) is 1. The minimum atomic E-state index is -0.599. The molecular formula is C31H51BrO2. The van der Waals surface area contributed by atoms with E-state index in [0.717, 1.165) is 48.3 Å². The van der Waals surface area contributed by atoms with E-state index in [9.17, 15) is 4.79 Å². The normalized spacial score (nSPS) is 40.7. The van der Waals surface area contributed by atoms with Crippen molar-refractivity contribution in [1.29, 1.82) is 0 Å². The fourth-order valence-corrected chi connectivity index (χ4v) is 9.14. The Kier molecular flexibility index (Phi) is 7.76. The summed E-state index contributed by atoms with van der Waals surface area (Å²) in [4.78, 5) is 12.5. The Morgan fingerprint density at radius 2 is 1.82 bits per heavy atom. The van der Waals surface area contributed by atoms with Crippen molar-refractivity contribution >= 4 is 21.9 Å². The lowest BCUT2D eigenvalue weighted by molar-refractivity contribution is -0.153. The molecule has 0 spiro atoms. The molecule has 0 saturated heterocycles. The van der Waals surface area contributed by atoms with Gasteiger partial charge in [-0.15, -0.1) is 0 Å². The molecule has 2 nitrogen and oxygen atoms in total. The lowest BCUT2D eigenvalue weighted by atomic mass is 9.47. The quantitative estimate of drug-likeness (QED) is 0.185. The number of halogens is 1. The first-order valence-corrected chi connectivity index (χ1v) is 15.2. The third-order valence-electron chi connectivity index (χ3n) is 11.0. The Labute approximate surface area is 218 Å². The van der Waals surface area contributed by atoms with E-state index in [1.165, 1.54) is 57.8 Å². The maximum absolute atomic E-state index is 12.5. The van der Waals surface area contributed by atoms with Crippen molar-refractivity contribution < 1.29 is 9.53 Å². The largest absolute Gasteiger partial charge is 0.461 e. The van der Waals surface area contributed by atoms with E-state index in [1.54, 1.807) is 5.57 Å². The molecule has 194 valence electrons. The van der Waals surface area contributed by atoms with Crippen LogP contribution in [0.25, 0.3) is 0 Å². The van der Waals surface area contributed by atoms with Crippen LogP contribution in [0.3, 0.4) is 0 Å². The van der Waals surface area contributed by atoms with Crippen molar-refractivity contribution in [3.05, 3.63) is 11.6 Å². The average molecular weight is 536 g/mol. The molecule has 0 radical (unpaired) electrons. The number of hydrogen-bond donors (Lipinski definition) is 0. The lowest BCUT2D eigenvalue weighted by Crippen LogP contribution is -2.51. The third kappa shape index (κ3) is 4.95. The van der Waals surface area contributed by atoms with Gasteiger partial charge in [0.2, 0.25) is 0 Å². The molecular weight excluding hydrogens is 484 g/mol. The first kappa shape index (κ1) is 26.7. The molecule has 0 aliphatic heterocycles. The van der Waals surface area contributed by atoms with Crippen molar-refractivity contribution in [2.75, 3.05) is 0 Å². The Balaban J connectivity index is 1.44. The maximum Gasteiger partial charge on any atom is 0.322 e. The van der Waals surface area contributed by atoms with Gasteiger partial charge in [-0.05, 0) is 105 Å². The summed E-state index contributed by atoms with van der Waals surface area (Å²) in [6.45, 7) is 16.3. The van der Waals surface area contributed by atoms with Gasteiger partial charge in [-0.1, -0.05) is 81.5 Å². The summed E-state index contributed by atoms with van der Waals surface area (Å²) in [5.41, 5.74) is 2.47. The van der Waals surface area contributed by atoms with Crippen LogP contribution < -0.4 is 0 Å². The van der Waals surface area contributed by atoms with Crippen molar-refractivity contribution in [3.8, 4) is 0 Å². The van der Waals surface area contributed by atoms with Crippen molar-refractivity contribution in [3.63, 3.8) is 0 Å². The monoisotopic (exact) mass is 534 g/mol. The third-order valence-corrected chi connectivity index (χ3v) is 11.3. The van der Waals surface area contributed by atoms with Gasteiger partial charge in [0.1, 0.15) is 10.4 Å². The molecule has 0 aromatic rings. The number of carbonyl (C=O) groups excluding carboxylic acids is 1.